The molecule has 0 heterocycles. The first-order valence-corrected chi connectivity index (χ1v) is 7.67. The summed E-state index contributed by atoms with van der Waals surface area (Å²) in [7, 11) is 0. The maximum absolute atomic E-state index is 12.1. The molecule has 0 saturated heterocycles. The zero-order chi connectivity index (χ0) is 16.7. The molecule has 0 aromatic heterocycles. The summed E-state index contributed by atoms with van der Waals surface area (Å²) >= 11 is 0. The molecule has 1 aromatic rings. The first kappa shape index (κ1) is 16.8. The average molecular weight is 313 g/mol. The standard InChI is InChI=1S/C18H19NO4/c1-2-3-17(20)22-15-10-6-14(7-11-15)18(21)23-16-8-4-13(12-19)5-9-16/h2-5,8-9,14-15H,6-7,10-11H2,1H3/b3-2+. The van der Waals surface area contributed by atoms with E-state index in [9.17, 15) is 9.59 Å². The second kappa shape index (κ2) is 8.14. The van der Waals surface area contributed by atoms with Gasteiger partial charge in [-0.05, 0) is 56.9 Å². The maximum Gasteiger partial charge on any atom is 0.330 e. The van der Waals surface area contributed by atoms with Crippen molar-refractivity contribution >= 4 is 11.9 Å². The van der Waals surface area contributed by atoms with Crippen molar-refractivity contribution < 1.29 is 19.1 Å². The Hall–Kier alpha value is -2.61. The number of carbonyl (C=O) groups excluding carboxylic acids is 2. The molecule has 0 bridgehead atoms. The van der Waals surface area contributed by atoms with Crippen molar-refractivity contribution in [1.29, 1.82) is 5.26 Å². The number of benzene rings is 1. The zero-order valence-corrected chi connectivity index (χ0v) is 13.0. The average Bonchev–Trinajstić information content (AvgIpc) is 2.56. The number of rotatable bonds is 4. The molecule has 0 spiro atoms. The molecule has 120 valence electrons. The molecule has 5 nitrogen and oxygen atoms in total. The predicted molar refractivity (Wildman–Crippen MR) is 83.4 cm³/mol. The highest BCUT2D eigenvalue weighted by Crippen LogP contribution is 2.28. The van der Waals surface area contributed by atoms with Gasteiger partial charge in [-0.2, -0.15) is 5.26 Å². The van der Waals surface area contributed by atoms with Crippen LogP contribution in [0.25, 0.3) is 0 Å². The third-order valence-corrected chi connectivity index (χ3v) is 3.79. The molecule has 0 aliphatic heterocycles. The van der Waals surface area contributed by atoms with Gasteiger partial charge in [0.2, 0.25) is 0 Å². The molecule has 1 aromatic carbocycles. The van der Waals surface area contributed by atoms with Gasteiger partial charge >= 0.3 is 11.9 Å². The van der Waals surface area contributed by atoms with Crippen LogP contribution in [0, 0.1) is 17.2 Å². The normalized spacial score (nSPS) is 20.7. The SMILES string of the molecule is C/C=C/C(=O)OC1CCC(C(=O)Oc2ccc(C#N)cc2)CC1. The summed E-state index contributed by atoms with van der Waals surface area (Å²) in [6.45, 7) is 1.76. The van der Waals surface area contributed by atoms with Gasteiger partial charge in [0, 0.05) is 6.08 Å². The largest absolute Gasteiger partial charge is 0.459 e. The molecular formula is C18H19NO4. The molecule has 0 amide bonds. The monoisotopic (exact) mass is 313 g/mol. The van der Waals surface area contributed by atoms with E-state index >= 15 is 0 Å². The molecular weight excluding hydrogens is 294 g/mol. The van der Waals surface area contributed by atoms with Crippen LogP contribution in [-0.4, -0.2) is 18.0 Å². The molecule has 1 aliphatic carbocycles. The van der Waals surface area contributed by atoms with Crippen LogP contribution in [0.2, 0.25) is 0 Å². The van der Waals surface area contributed by atoms with Crippen molar-refractivity contribution in [2.45, 2.75) is 38.7 Å². The minimum Gasteiger partial charge on any atom is -0.459 e. The lowest BCUT2D eigenvalue weighted by Gasteiger charge is -2.26. The van der Waals surface area contributed by atoms with Crippen LogP contribution in [0.1, 0.15) is 38.2 Å². The minimum absolute atomic E-state index is 0.127. The van der Waals surface area contributed by atoms with E-state index in [1.807, 2.05) is 6.07 Å². The second-order valence-electron chi connectivity index (χ2n) is 5.47. The number of carbonyl (C=O) groups is 2. The van der Waals surface area contributed by atoms with Crippen LogP contribution >= 0.6 is 0 Å². The molecule has 0 radical (unpaired) electrons. The number of hydrogen-bond acceptors (Lipinski definition) is 5. The number of allylic oxidation sites excluding steroid dienone is 1. The molecule has 2 rings (SSSR count). The van der Waals surface area contributed by atoms with Gasteiger partial charge in [-0.1, -0.05) is 6.08 Å². The predicted octanol–water partition coefficient (Wildman–Crippen LogP) is 3.14. The van der Waals surface area contributed by atoms with Gasteiger partial charge in [0.1, 0.15) is 11.9 Å². The van der Waals surface area contributed by atoms with Gasteiger partial charge in [0.25, 0.3) is 0 Å². The molecule has 5 heteroatoms. The third-order valence-electron chi connectivity index (χ3n) is 3.79. The van der Waals surface area contributed by atoms with Gasteiger partial charge in [-0.15, -0.1) is 0 Å². The first-order chi connectivity index (χ1) is 11.1. The van der Waals surface area contributed by atoms with E-state index in [4.69, 9.17) is 14.7 Å². The smallest absolute Gasteiger partial charge is 0.330 e. The topological polar surface area (TPSA) is 76.4 Å². The highest BCUT2D eigenvalue weighted by atomic mass is 16.5. The summed E-state index contributed by atoms with van der Waals surface area (Å²) < 4.78 is 10.6. The fourth-order valence-corrected chi connectivity index (χ4v) is 2.55. The Morgan fingerprint density at radius 2 is 1.83 bits per heavy atom. The Balaban J connectivity index is 1.81. The number of hydrogen-bond donors (Lipinski definition) is 0. The Labute approximate surface area is 135 Å². The van der Waals surface area contributed by atoms with Crippen molar-refractivity contribution in [3.63, 3.8) is 0 Å². The summed E-state index contributed by atoms with van der Waals surface area (Å²) in [6, 6.07) is 8.46. The molecule has 0 N–H and O–H groups in total. The fourth-order valence-electron chi connectivity index (χ4n) is 2.55. The van der Waals surface area contributed by atoms with E-state index < -0.39 is 0 Å². The number of nitriles is 1. The summed E-state index contributed by atoms with van der Waals surface area (Å²) in [4.78, 5) is 23.5. The van der Waals surface area contributed by atoms with E-state index in [2.05, 4.69) is 0 Å². The number of ether oxygens (including phenoxy) is 2. The van der Waals surface area contributed by atoms with Crippen LogP contribution in [0.15, 0.2) is 36.4 Å². The quantitative estimate of drug-likeness (QED) is 0.485. The Morgan fingerprint density at radius 1 is 1.17 bits per heavy atom. The van der Waals surface area contributed by atoms with Crippen LogP contribution in [-0.2, 0) is 14.3 Å². The Kier molecular flexibility index (Phi) is 5.93. The lowest BCUT2D eigenvalue weighted by Crippen LogP contribution is -2.29. The van der Waals surface area contributed by atoms with Gasteiger partial charge in [0.05, 0.1) is 17.6 Å². The molecule has 0 unspecified atom stereocenters. The Bertz CT molecular complexity index is 619. The van der Waals surface area contributed by atoms with Crippen LogP contribution in [0.5, 0.6) is 5.75 Å². The molecule has 1 aliphatic rings. The van der Waals surface area contributed by atoms with Gasteiger partial charge in [-0.25, -0.2) is 4.79 Å². The van der Waals surface area contributed by atoms with Crippen LogP contribution in [0.4, 0.5) is 0 Å². The van der Waals surface area contributed by atoms with E-state index in [0.717, 1.165) is 0 Å². The summed E-state index contributed by atoms with van der Waals surface area (Å²) in [6.07, 6.45) is 5.52. The number of nitrogens with zero attached hydrogens (tertiary/aromatic N) is 1. The van der Waals surface area contributed by atoms with E-state index in [1.165, 1.54) is 6.08 Å². The second-order valence-corrected chi connectivity index (χ2v) is 5.47. The maximum atomic E-state index is 12.1. The summed E-state index contributed by atoms with van der Waals surface area (Å²) in [5.41, 5.74) is 0.522. The highest BCUT2D eigenvalue weighted by molar-refractivity contribution is 5.82. The highest BCUT2D eigenvalue weighted by Gasteiger charge is 2.29. The van der Waals surface area contributed by atoms with Gasteiger partial charge in [-0.3, -0.25) is 4.79 Å². The molecule has 1 saturated carbocycles. The van der Waals surface area contributed by atoms with Gasteiger partial charge in [0.15, 0.2) is 0 Å². The molecule has 1 fully saturated rings. The van der Waals surface area contributed by atoms with Crippen molar-refractivity contribution in [1.82, 2.24) is 0 Å². The molecule has 23 heavy (non-hydrogen) atoms. The lowest BCUT2D eigenvalue weighted by molar-refractivity contribution is -0.147. The van der Waals surface area contributed by atoms with Gasteiger partial charge < -0.3 is 9.47 Å². The van der Waals surface area contributed by atoms with Crippen molar-refractivity contribution in [2.75, 3.05) is 0 Å². The summed E-state index contributed by atoms with van der Waals surface area (Å²) in [5, 5.41) is 8.74. The van der Waals surface area contributed by atoms with Crippen LogP contribution in [0.3, 0.4) is 0 Å². The fraction of sp³-hybridized carbons (Fsp3) is 0.389. The van der Waals surface area contributed by atoms with E-state index in [0.29, 0.717) is 37.0 Å². The third kappa shape index (κ3) is 4.96. The molecule has 0 atom stereocenters. The Morgan fingerprint density at radius 3 is 2.39 bits per heavy atom. The first-order valence-electron chi connectivity index (χ1n) is 7.67. The van der Waals surface area contributed by atoms with Crippen LogP contribution < -0.4 is 4.74 Å². The van der Waals surface area contributed by atoms with Crippen molar-refractivity contribution in [3.8, 4) is 11.8 Å². The number of esters is 2. The minimum atomic E-state index is -0.337. The lowest BCUT2D eigenvalue weighted by atomic mass is 9.87. The van der Waals surface area contributed by atoms with Crippen molar-refractivity contribution in [3.05, 3.63) is 42.0 Å². The summed E-state index contributed by atoms with van der Waals surface area (Å²) in [5.74, 6) is -0.345. The van der Waals surface area contributed by atoms with E-state index in [1.54, 1.807) is 37.3 Å². The van der Waals surface area contributed by atoms with E-state index in [-0.39, 0.29) is 24.0 Å². The zero-order valence-electron chi connectivity index (χ0n) is 13.0. The van der Waals surface area contributed by atoms with Crippen molar-refractivity contribution in [2.24, 2.45) is 5.92 Å².